The summed E-state index contributed by atoms with van der Waals surface area (Å²) in [6.07, 6.45) is 2.19. The predicted octanol–water partition coefficient (Wildman–Crippen LogP) is 2.44. The number of nitrogen functional groups attached to an aromatic ring is 1. The monoisotopic (exact) mass is 286 g/mol. The van der Waals surface area contributed by atoms with Gasteiger partial charge in [0.15, 0.2) is 5.69 Å². The summed E-state index contributed by atoms with van der Waals surface area (Å²) in [6.45, 7) is 1.95. The number of carbonyl (C=O) groups is 1. The van der Waals surface area contributed by atoms with Crippen molar-refractivity contribution in [2.75, 3.05) is 18.2 Å². The molecule has 0 spiro atoms. The van der Waals surface area contributed by atoms with Gasteiger partial charge >= 0.3 is 0 Å². The molecule has 1 aromatic heterocycles. The normalized spacial score (nSPS) is 14.0. The van der Waals surface area contributed by atoms with Crippen LogP contribution in [0.15, 0.2) is 18.2 Å². The van der Waals surface area contributed by atoms with Crippen LogP contribution in [-0.2, 0) is 0 Å². The van der Waals surface area contributed by atoms with Gasteiger partial charge in [-0.2, -0.15) is 5.10 Å². The molecule has 0 unspecified atom stereocenters. The molecule has 1 aliphatic carbocycles. The Morgan fingerprint density at radius 1 is 1.48 bits per heavy atom. The number of H-pyrrole nitrogens is 1. The van der Waals surface area contributed by atoms with Crippen LogP contribution in [0, 0.1) is 6.92 Å². The predicted molar refractivity (Wildman–Crippen MR) is 80.7 cm³/mol. The molecule has 1 amide bonds. The molecule has 4 N–H and O–H groups in total. The number of benzene rings is 1. The lowest BCUT2D eigenvalue weighted by Crippen LogP contribution is -2.15. The van der Waals surface area contributed by atoms with Crippen molar-refractivity contribution in [1.82, 2.24) is 10.2 Å². The quantitative estimate of drug-likeness (QED) is 0.804. The van der Waals surface area contributed by atoms with Crippen molar-refractivity contribution in [1.29, 1.82) is 0 Å². The van der Waals surface area contributed by atoms with Crippen LogP contribution in [0.3, 0.4) is 0 Å². The van der Waals surface area contributed by atoms with Crippen LogP contribution >= 0.6 is 0 Å². The van der Waals surface area contributed by atoms with Crippen molar-refractivity contribution in [3.63, 3.8) is 0 Å². The molecule has 21 heavy (non-hydrogen) atoms. The molecule has 6 heteroatoms. The molecule has 6 nitrogen and oxygen atoms in total. The number of hydrogen-bond donors (Lipinski definition) is 3. The minimum Gasteiger partial charge on any atom is -0.495 e. The van der Waals surface area contributed by atoms with E-state index in [9.17, 15) is 4.79 Å². The summed E-state index contributed by atoms with van der Waals surface area (Å²) in [7, 11) is 1.56. The minimum atomic E-state index is -0.334. The third kappa shape index (κ3) is 2.56. The second-order valence-electron chi connectivity index (χ2n) is 5.33. The molecular weight excluding hydrogens is 268 g/mol. The number of aromatic amines is 1. The zero-order valence-corrected chi connectivity index (χ0v) is 12.1. The van der Waals surface area contributed by atoms with Gasteiger partial charge in [0.2, 0.25) is 0 Å². The lowest BCUT2D eigenvalue weighted by Gasteiger charge is -2.10. The highest BCUT2D eigenvalue weighted by molar-refractivity contribution is 6.07. The third-order valence-corrected chi connectivity index (χ3v) is 3.64. The number of amides is 1. The van der Waals surface area contributed by atoms with E-state index in [1.54, 1.807) is 7.11 Å². The summed E-state index contributed by atoms with van der Waals surface area (Å²) in [4.78, 5) is 12.3. The molecule has 1 aromatic carbocycles. The fourth-order valence-corrected chi connectivity index (χ4v) is 2.32. The first-order chi connectivity index (χ1) is 10.1. The number of anilines is 2. The molecular formula is C15H18N4O2. The Labute approximate surface area is 122 Å². The van der Waals surface area contributed by atoms with Crippen LogP contribution in [0.4, 0.5) is 11.4 Å². The zero-order chi connectivity index (χ0) is 15.0. The van der Waals surface area contributed by atoms with Gasteiger partial charge in [0.1, 0.15) is 5.75 Å². The van der Waals surface area contributed by atoms with Crippen LogP contribution < -0.4 is 15.8 Å². The highest BCUT2D eigenvalue weighted by Gasteiger charge is 2.30. The van der Waals surface area contributed by atoms with Crippen molar-refractivity contribution >= 4 is 17.3 Å². The van der Waals surface area contributed by atoms with E-state index >= 15 is 0 Å². The van der Waals surface area contributed by atoms with Crippen LogP contribution in [-0.4, -0.2) is 23.2 Å². The average molecular weight is 286 g/mol. The largest absolute Gasteiger partial charge is 0.495 e. The van der Waals surface area contributed by atoms with Gasteiger partial charge in [0.05, 0.1) is 24.2 Å². The lowest BCUT2D eigenvalue weighted by atomic mass is 10.2. The maximum atomic E-state index is 12.3. The Morgan fingerprint density at radius 2 is 2.24 bits per heavy atom. The molecule has 1 saturated carbocycles. The minimum absolute atomic E-state index is 0.237. The van der Waals surface area contributed by atoms with Gasteiger partial charge in [0, 0.05) is 5.92 Å². The number of hydrogen-bond acceptors (Lipinski definition) is 4. The summed E-state index contributed by atoms with van der Waals surface area (Å²) in [5, 5.41) is 9.73. The van der Waals surface area contributed by atoms with Crippen molar-refractivity contribution in [3.05, 3.63) is 35.2 Å². The van der Waals surface area contributed by atoms with Gasteiger partial charge in [-0.15, -0.1) is 0 Å². The summed E-state index contributed by atoms with van der Waals surface area (Å²) in [5.41, 5.74) is 9.20. The second kappa shape index (κ2) is 5.12. The van der Waals surface area contributed by atoms with E-state index in [0.717, 1.165) is 24.1 Å². The summed E-state index contributed by atoms with van der Waals surface area (Å²) >= 11 is 0. The summed E-state index contributed by atoms with van der Waals surface area (Å²) < 4.78 is 5.25. The van der Waals surface area contributed by atoms with E-state index in [4.69, 9.17) is 10.5 Å². The number of methoxy groups -OCH3 is 1. The van der Waals surface area contributed by atoms with E-state index in [0.29, 0.717) is 23.0 Å². The number of carbonyl (C=O) groups excluding carboxylic acids is 1. The van der Waals surface area contributed by atoms with E-state index in [-0.39, 0.29) is 11.6 Å². The number of nitrogens with one attached hydrogen (secondary N) is 2. The van der Waals surface area contributed by atoms with Crippen LogP contribution in [0.25, 0.3) is 0 Å². The van der Waals surface area contributed by atoms with Crippen molar-refractivity contribution in [2.24, 2.45) is 0 Å². The molecule has 1 fully saturated rings. The molecule has 1 aliphatic rings. The molecule has 0 radical (unpaired) electrons. The maximum Gasteiger partial charge on any atom is 0.278 e. The zero-order valence-electron chi connectivity index (χ0n) is 12.1. The lowest BCUT2D eigenvalue weighted by molar-refractivity contribution is 0.102. The molecule has 0 aliphatic heterocycles. The van der Waals surface area contributed by atoms with Gasteiger partial charge in [-0.25, -0.2) is 0 Å². The van der Waals surface area contributed by atoms with E-state index in [2.05, 4.69) is 15.5 Å². The van der Waals surface area contributed by atoms with Gasteiger partial charge in [-0.3, -0.25) is 9.89 Å². The number of nitrogens with zero attached hydrogens (tertiary/aromatic N) is 1. The first-order valence-electron chi connectivity index (χ1n) is 6.90. The highest BCUT2D eigenvalue weighted by atomic mass is 16.5. The van der Waals surface area contributed by atoms with E-state index < -0.39 is 0 Å². The van der Waals surface area contributed by atoms with Crippen molar-refractivity contribution in [3.8, 4) is 5.75 Å². The molecule has 110 valence electrons. The van der Waals surface area contributed by atoms with E-state index in [1.165, 1.54) is 0 Å². The van der Waals surface area contributed by atoms with Crippen LogP contribution in [0.2, 0.25) is 0 Å². The number of ether oxygens (including phenoxy) is 1. The SMILES string of the molecule is COc1ccc(C)cc1NC(=O)c1n[nH]c(C2CC2)c1N. The molecule has 0 atom stereocenters. The van der Waals surface area contributed by atoms with Crippen molar-refractivity contribution < 1.29 is 9.53 Å². The Kier molecular flexibility index (Phi) is 3.29. The third-order valence-electron chi connectivity index (χ3n) is 3.64. The molecule has 2 aromatic rings. The Balaban J connectivity index is 1.85. The summed E-state index contributed by atoms with van der Waals surface area (Å²) in [6, 6.07) is 5.58. The highest BCUT2D eigenvalue weighted by Crippen LogP contribution is 2.42. The molecule has 3 rings (SSSR count). The maximum absolute atomic E-state index is 12.3. The number of aromatic nitrogens is 2. The molecule has 0 bridgehead atoms. The van der Waals surface area contributed by atoms with Crippen LogP contribution in [0.5, 0.6) is 5.75 Å². The second-order valence-corrected chi connectivity index (χ2v) is 5.33. The van der Waals surface area contributed by atoms with Gasteiger partial charge in [-0.05, 0) is 37.5 Å². The fourth-order valence-electron chi connectivity index (χ4n) is 2.32. The molecule has 1 heterocycles. The Morgan fingerprint density at radius 3 is 2.90 bits per heavy atom. The first kappa shape index (κ1) is 13.5. The Hall–Kier alpha value is -2.50. The summed E-state index contributed by atoms with van der Waals surface area (Å²) in [5.74, 6) is 0.692. The standard InChI is InChI=1S/C15H18N4O2/c1-8-3-6-11(21-2)10(7-8)17-15(20)14-12(16)13(18-19-14)9-4-5-9/h3,6-7,9H,4-5,16H2,1-2H3,(H,17,20)(H,18,19). The first-order valence-corrected chi connectivity index (χ1v) is 6.90. The topological polar surface area (TPSA) is 93.0 Å². The average Bonchev–Trinajstić information content (AvgIpc) is 3.22. The molecule has 0 saturated heterocycles. The Bertz CT molecular complexity index is 689. The number of rotatable bonds is 4. The smallest absolute Gasteiger partial charge is 0.278 e. The van der Waals surface area contributed by atoms with Gasteiger partial charge in [-0.1, -0.05) is 6.07 Å². The van der Waals surface area contributed by atoms with E-state index in [1.807, 2.05) is 25.1 Å². The van der Waals surface area contributed by atoms with Crippen LogP contribution in [0.1, 0.15) is 40.5 Å². The van der Waals surface area contributed by atoms with Crippen molar-refractivity contribution in [2.45, 2.75) is 25.7 Å². The van der Waals surface area contributed by atoms with Gasteiger partial charge < -0.3 is 15.8 Å². The number of aryl methyl sites for hydroxylation is 1. The number of nitrogens with two attached hydrogens (primary N) is 1. The fraction of sp³-hybridized carbons (Fsp3) is 0.333. The van der Waals surface area contributed by atoms with Gasteiger partial charge in [0.25, 0.3) is 5.91 Å².